The minimum Gasteiger partial charge on any atom is -0.486 e. The highest BCUT2D eigenvalue weighted by molar-refractivity contribution is 7.11. The fraction of sp³-hybridized carbons (Fsp3) is 0.400. The van der Waals surface area contributed by atoms with Crippen LogP contribution in [0.25, 0.3) is 0 Å². The van der Waals surface area contributed by atoms with Crippen LogP contribution in [0.15, 0.2) is 30.5 Å². The van der Waals surface area contributed by atoms with Crippen LogP contribution in [0.5, 0.6) is 5.75 Å². The van der Waals surface area contributed by atoms with Gasteiger partial charge in [-0.2, -0.15) is 0 Å². The molecule has 0 atom stereocenters. The monoisotopic (exact) mass is 276 g/mol. The molecule has 0 unspecified atom stereocenters. The molecule has 0 bridgehead atoms. The van der Waals surface area contributed by atoms with E-state index < -0.39 is 0 Å². The SMILES string of the molecule is Cc1cccc(OCc2ncc(CNC(C)C)s2)c1. The molecule has 0 aliphatic carbocycles. The topological polar surface area (TPSA) is 34.1 Å². The molecule has 0 radical (unpaired) electrons. The number of hydrogen-bond donors (Lipinski definition) is 1. The lowest BCUT2D eigenvalue weighted by Crippen LogP contribution is -2.21. The molecule has 1 aromatic heterocycles. The summed E-state index contributed by atoms with van der Waals surface area (Å²) in [5, 5.41) is 4.40. The van der Waals surface area contributed by atoms with Gasteiger partial charge in [-0.05, 0) is 24.6 Å². The van der Waals surface area contributed by atoms with Crippen LogP contribution in [0.4, 0.5) is 0 Å². The van der Waals surface area contributed by atoms with Gasteiger partial charge in [0.05, 0.1) is 0 Å². The molecule has 0 spiro atoms. The predicted molar refractivity (Wildman–Crippen MR) is 79.6 cm³/mol. The van der Waals surface area contributed by atoms with E-state index in [1.54, 1.807) is 11.3 Å². The molecule has 0 saturated heterocycles. The van der Waals surface area contributed by atoms with Crippen LogP contribution in [0.2, 0.25) is 0 Å². The zero-order chi connectivity index (χ0) is 13.7. The Labute approximate surface area is 118 Å². The van der Waals surface area contributed by atoms with E-state index in [4.69, 9.17) is 4.74 Å². The lowest BCUT2D eigenvalue weighted by atomic mass is 10.2. The van der Waals surface area contributed by atoms with Crippen molar-refractivity contribution < 1.29 is 4.74 Å². The van der Waals surface area contributed by atoms with Crippen LogP contribution in [0.3, 0.4) is 0 Å². The fourth-order valence-electron chi connectivity index (χ4n) is 1.65. The van der Waals surface area contributed by atoms with Gasteiger partial charge in [0.1, 0.15) is 17.4 Å². The molecule has 2 aromatic rings. The van der Waals surface area contributed by atoms with E-state index in [2.05, 4.69) is 37.1 Å². The van der Waals surface area contributed by atoms with Gasteiger partial charge in [-0.1, -0.05) is 26.0 Å². The summed E-state index contributed by atoms with van der Waals surface area (Å²) in [6.45, 7) is 7.76. The van der Waals surface area contributed by atoms with E-state index in [-0.39, 0.29) is 0 Å². The molecular weight excluding hydrogens is 256 g/mol. The van der Waals surface area contributed by atoms with Crippen molar-refractivity contribution in [2.45, 2.75) is 40.0 Å². The molecule has 102 valence electrons. The van der Waals surface area contributed by atoms with Crippen molar-refractivity contribution in [2.75, 3.05) is 0 Å². The number of thiazole rings is 1. The van der Waals surface area contributed by atoms with Gasteiger partial charge < -0.3 is 10.1 Å². The Hall–Kier alpha value is -1.39. The van der Waals surface area contributed by atoms with Crippen molar-refractivity contribution in [3.05, 3.63) is 45.9 Å². The standard InChI is InChI=1S/C15H20N2OS/c1-11(2)16-8-14-9-17-15(19-14)10-18-13-6-4-5-12(3)7-13/h4-7,9,11,16H,8,10H2,1-3H3. The first kappa shape index (κ1) is 14.0. The van der Waals surface area contributed by atoms with E-state index in [0.29, 0.717) is 12.6 Å². The second-order valence-electron chi connectivity index (χ2n) is 4.86. The molecule has 0 amide bonds. The second kappa shape index (κ2) is 6.68. The minimum absolute atomic E-state index is 0.495. The van der Waals surface area contributed by atoms with Gasteiger partial charge in [0.15, 0.2) is 0 Å². The second-order valence-corrected chi connectivity index (χ2v) is 6.06. The van der Waals surface area contributed by atoms with Gasteiger partial charge in [-0.25, -0.2) is 4.98 Å². The van der Waals surface area contributed by atoms with Crippen LogP contribution in [-0.2, 0) is 13.2 Å². The fourth-order valence-corrected chi connectivity index (χ4v) is 2.44. The predicted octanol–water partition coefficient (Wildman–Crippen LogP) is 3.53. The summed E-state index contributed by atoms with van der Waals surface area (Å²) < 4.78 is 5.74. The first-order valence-electron chi connectivity index (χ1n) is 6.50. The van der Waals surface area contributed by atoms with Crippen molar-refractivity contribution in [2.24, 2.45) is 0 Å². The Balaban J connectivity index is 1.86. The van der Waals surface area contributed by atoms with Gasteiger partial charge in [-0.3, -0.25) is 0 Å². The normalized spacial score (nSPS) is 10.9. The third kappa shape index (κ3) is 4.65. The highest BCUT2D eigenvalue weighted by Crippen LogP contribution is 2.17. The molecule has 3 nitrogen and oxygen atoms in total. The van der Waals surface area contributed by atoms with Crippen molar-refractivity contribution in [3.63, 3.8) is 0 Å². The van der Waals surface area contributed by atoms with E-state index in [0.717, 1.165) is 17.3 Å². The highest BCUT2D eigenvalue weighted by Gasteiger charge is 2.04. The average Bonchev–Trinajstić information content (AvgIpc) is 2.82. The summed E-state index contributed by atoms with van der Waals surface area (Å²) in [5.74, 6) is 0.900. The Kier molecular flexibility index (Phi) is 4.93. The van der Waals surface area contributed by atoms with Crippen LogP contribution < -0.4 is 10.1 Å². The molecular formula is C15H20N2OS. The number of benzene rings is 1. The molecule has 1 N–H and O–H groups in total. The number of nitrogens with one attached hydrogen (secondary N) is 1. The molecule has 0 aliphatic heterocycles. The maximum Gasteiger partial charge on any atom is 0.140 e. The van der Waals surface area contributed by atoms with Gasteiger partial charge in [0.2, 0.25) is 0 Å². The lowest BCUT2D eigenvalue weighted by Gasteiger charge is -2.05. The van der Waals surface area contributed by atoms with Crippen LogP contribution in [0, 0.1) is 6.92 Å². The quantitative estimate of drug-likeness (QED) is 0.876. The van der Waals surface area contributed by atoms with Gasteiger partial charge in [-0.15, -0.1) is 11.3 Å². The van der Waals surface area contributed by atoms with Crippen LogP contribution in [-0.4, -0.2) is 11.0 Å². The van der Waals surface area contributed by atoms with Gasteiger partial charge >= 0.3 is 0 Å². The molecule has 19 heavy (non-hydrogen) atoms. The lowest BCUT2D eigenvalue weighted by molar-refractivity contribution is 0.305. The Morgan fingerprint density at radius 3 is 2.95 bits per heavy atom. The first-order chi connectivity index (χ1) is 9.13. The summed E-state index contributed by atoms with van der Waals surface area (Å²) in [4.78, 5) is 5.63. The molecule has 2 rings (SSSR count). The van der Waals surface area contributed by atoms with Crippen LogP contribution >= 0.6 is 11.3 Å². The number of ether oxygens (including phenoxy) is 1. The Morgan fingerprint density at radius 1 is 1.37 bits per heavy atom. The maximum atomic E-state index is 5.74. The Bertz CT molecular complexity index is 522. The van der Waals surface area contributed by atoms with E-state index >= 15 is 0 Å². The zero-order valence-electron chi connectivity index (χ0n) is 11.6. The zero-order valence-corrected chi connectivity index (χ0v) is 12.5. The molecule has 4 heteroatoms. The third-order valence-corrected chi connectivity index (χ3v) is 3.61. The number of rotatable bonds is 6. The van der Waals surface area contributed by atoms with Gasteiger partial charge in [0.25, 0.3) is 0 Å². The largest absolute Gasteiger partial charge is 0.486 e. The summed E-state index contributed by atoms with van der Waals surface area (Å²) in [7, 11) is 0. The number of hydrogen-bond acceptors (Lipinski definition) is 4. The van der Waals surface area contributed by atoms with Crippen molar-refractivity contribution in [1.82, 2.24) is 10.3 Å². The molecule has 1 heterocycles. The summed E-state index contributed by atoms with van der Waals surface area (Å²) in [6, 6.07) is 8.57. The Morgan fingerprint density at radius 2 is 2.21 bits per heavy atom. The first-order valence-corrected chi connectivity index (χ1v) is 7.31. The van der Waals surface area contributed by atoms with Crippen molar-refractivity contribution >= 4 is 11.3 Å². The summed E-state index contributed by atoms with van der Waals surface area (Å²) in [5.41, 5.74) is 1.21. The van der Waals surface area contributed by atoms with Crippen LogP contribution in [0.1, 0.15) is 29.3 Å². The smallest absolute Gasteiger partial charge is 0.140 e. The molecule has 0 fully saturated rings. The number of aromatic nitrogens is 1. The van der Waals surface area contributed by atoms with Gasteiger partial charge in [0, 0.05) is 23.7 Å². The minimum atomic E-state index is 0.495. The molecule has 0 saturated carbocycles. The number of aryl methyl sites for hydroxylation is 1. The average molecular weight is 276 g/mol. The number of nitrogens with zero attached hydrogens (tertiary/aromatic N) is 1. The highest BCUT2D eigenvalue weighted by atomic mass is 32.1. The van der Waals surface area contributed by atoms with Crippen molar-refractivity contribution in [3.8, 4) is 5.75 Å². The maximum absolute atomic E-state index is 5.74. The van der Waals surface area contributed by atoms with Crippen molar-refractivity contribution in [1.29, 1.82) is 0 Å². The third-order valence-electron chi connectivity index (χ3n) is 2.64. The van der Waals surface area contributed by atoms with E-state index in [1.165, 1.54) is 10.4 Å². The molecule has 0 aliphatic rings. The van der Waals surface area contributed by atoms with E-state index in [1.807, 2.05) is 24.4 Å². The summed E-state index contributed by atoms with van der Waals surface area (Å²) >= 11 is 1.70. The summed E-state index contributed by atoms with van der Waals surface area (Å²) in [6.07, 6.45) is 1.93. The van der Waals surface area contributed by atoms with E-state index in [9.17, 15) is 0 Å². The molecule has 1 aromatic carbocycles.